The van der Waals surface area contributed by atoms with Gasteiger partial charge in [-0.25, -0.2) is 0 Å². The molecule has 0 aliphatic carbocycles. The third-order valence-corrected chi connectivity index (χ3v) is 3.31. The number of aliphatic hydroxyl groups excluding tert-OH is 1. The molecule has 0 aliphatic heterocycles. The van der Waals surface area contributed by atoms with Crippen molar-refractivity contribution in [1.29, 1.82) is 0 Å². The molecule has 0 heterocycles. The zero-order chi connectivity index (χ0) is 16.0. The summed E-state index contributed by atoms with van der Waals surface area (Å²) in [5.41, 5.74) is 1.39. The van der Waals surface area contributed by atoms with Crippen molar-refractivity contribution in [2.45, 2.75) is 40.2 Å². The van der Waals surface area contributed by atoms with Gasteiger partial charge in [0.1, 0.15) is 0 Å². The Bertz CT molecular complexity index is 484. The van der Waals surface area contributed by atoms with Crippen LogP contribution in [0.15, 0.2) is 18.2 Å². The molecule has 0 bridgehead atoms. The summed E-state index contributed by atoms with van der Waals surface area (Å²) < 4.78 is 0. The number of nitro benzene ring substituents is 1. The molecule has 0 radical (unpaired) electrons. The van der Waals surface area contributed by atoms with Gasteiger partial charge >= 0.3 is 0 Å². The fraction of sp³-hybridized carbons (Fsp3) is 0.600. The van der Waals surface area contributed by atoms with Crippen molar-refractivity contribution in [2.75, 3.05) is 23.8 Å². The summed E-state index contributed by atoms with van der Waals surface area (Å²) >= 11 is 0. The van der Waals surface area contributed by atoms with Crippen LogP contribution in [0, 0.1) is 15.5 Å². The Labute approximate surface area is 125 Å². The fourth-order valence-electron chi connectivity index (χ4n) is 2.16. The molecule has 3 N–H and O–H groups in total. The van der Waals surface area contributed by atoms with Crippen molar-refractivity contribution in [3.05, 3.63) is 28.3 Å². The number of aliphatic hydroxyl groups is 1. The lowest BCUT2D eigenvalue weighted by Gasteiger charge is -2.32. The highest BCUT2D eigenvalue weighted by atomic mass is 16.6. The lowest BCUT2D eigenvalue weighted by atomic mass is 9.84. The molecule has 6 nitrogen and oxygen atoms in total. The minimum atomic E-state index is -0.399. The molecule has 1 aromatic rings. The zero-order valence-electron chi connectivity index (χ0n) is 13.1. The number of anilines is 2. The maximum atomic E-state index is 11.0. The normalized spacial score (nSPS) is 12.8. The molecule has 6 heteroatoms. The van der Waals surface area contributed by atoms with Gasteiger partial charge in [-0.2, -0.15) is 0 Å². The summed E-state index contributed by atoms with van der Waals surface area (Å²) in [5.74, 6) is 0. The number of rotatable bonds is 7. The summed E-state index contributed by atoms with van der Waals surface area (Å²) in [6.45, 7) is 8.92. The molecular weight excluding hydrogens is 270 g/mol. The fourth-order valence-corrected chi connectivity index (χ4v) is 2.16. The highest BCUT2D eigenvalue weighted by molar-refractivity contribution is 5.63. The first-order chi connectivity index (χ1) is 9.77. The van der Waals surface area contributed by atoms with Gasteiger partial charge in [0.05, 0.1) is 4.92 Å². The van der Waals surface area contributed by atoms with E-state index < -0.39 is 4.92 Å². The molecule has 0 spiro atoms. The predicted molar refractivity (Wildman–Crippen MR) is 85.8 cm³/mol. The van der Waals surface area contributed by atoms with Gasteiger partial charge in [-0.05, 0) is 24.8 Å². The number of non-ortho nitro benzene ring substituents is 1. The van der Waals surface area contributed by atoms with Gasteiger partial charge in [0.2, 0.25) is 0 Å². The average molecular weight is 295 g/mol. The standard InChI is InChI=1S/C15H25N3O3/c1-5-16-11-8-12(10-13(9-11)18(20)21)17-14(6-7-19)15(2,3)4/h8-10,14,16-17,19H,5-7H2,1-4H3. The molecule has 118 valence electrons. The second-order valence-electron chi connectivity index (χ2n) is 6.13. The van der Waals surface area contributed by atoms with Gasteiger partial charge in [0.25, 0.3) is 5.69 Å². The second-order valence-corrected chi connectivity index (χ2v) is 6.13. The Morgan fingerprint density at radius 2 is 1.90 bits per heavy atom. The highest BCUT2D eigenvalue weighted by Crippen LogP contribution is 2.29. The molecular formula is C15H25N3O3. The van der Waals surface area contributed by atoms with Gasteiger partial charge in [0.15, 0.2) is 0 Å². The molecule has 1 atom stereocenters. The van der Waals surface area contributed by atoms with Gasteiger partial charge in [-0.15, -0.1) is 0 Å². The molecule has 0 amide bonds. The summed E-state index contributed by atoms with van der Waals surface area (Å²) in [6.07, 6.45) is 0.586. The average Bonchev–Trinajstić information content (AvgIpc) is 2.37. The quantitative estimate of drug-likeness (QED) is 0.531. The van der Waals surface area contributed by atoms with E-state index in [1.54, 1.807) is 0 Å². The van der Waals surface area contributed by atoms with Crippen LogP contribution < -0.4 is 10.6 Å². The number of nitrogens with one attached hydrogen (secondary N) is 2. The maximum absolute atomic E-state index is 11.0. The van der Waals surface area contributed by atoms with Gasteiger partial charge in [-0.1, -0.05) is 20.8 Å². The summed E-state index contributed by atoms with van der Waals surface area (Å²) in [5, 5.41) is 26.6. The van der Waals surface area contributed by atoms with Crippen molar-refractivity contribution >= 4 is 17.1 Å². The second kappa shape index (κ2) is 7.26. The number of benzene rings is 1. The lowest BCUT2D eigenvalue weighted by molar-refractivity contribution is -0.384. The number of nitrogens with zero attached hydrogens (tertiary/aromatic N) is 1. The number of hydrogen-bond donors (Lipinski definition) is 3. The van der Waals surface area contributed by atoms with E-state index in [9.17, 15) is 15.2 Å². The maximum Gasteiger partial charge on any atom is 0.273 e. The molecule has 0 saturated heterocycles. The van der Waals surface area contributed by atoms with Crippen LogP contribution in [0.4, 0.5) is 17.1 Å². The first-order valence-corrected chi connectivity index (χ1v) is 7.18. The third kappa shape index (κ3) is 5.23. The SMILES string of the molecule is CCNc1cc(NC(CCO)C(C)(C)C)cc([N+](=O)[O-])c1. The predicted octanol–water partition coefficient (Wildman–Crippen LogP) is 3.24. The molecule has 21 heavy (non-hydrogen) atoms. The Hall–Kier alpha value is -1.82. The Morgan fingerprint density at radius 3 is 2.38 bits per heavy atom. The van der Waals surface area contributed by atoms with Gasteiger partial charge < -0.3 is 15.7 Å². The minimum absolute atomic E-state index is 0.0268. The molecule has 1 rings (SSSR count). The summed E-state index contributed by atoms with van der Waals surface area (Å²) in [7, 11) is 0. The highest BCUT2D eigenvalue weighted by Gasteiger charge is 2.24. The van der Waals surface area contributed by atoms with Crippen LogP contribution in [0.1, 0.15) is 34.1 Å². The van der Waals surface area contributed by atoms with E-state index in [2.05, 4.69) is 31.4 Å². The van der Waals surface area contributed by atoms with Crippen LogP contribution >= 0.6 is 0 Å². The summed E-state index contributed by atoms with van der Waals surface area (Å²) in [6, 6.07) is 4.93. The van der Waals surface area contributed by atoms with Crippen LogP contribution in [-0.2, 0) is 0 Å². The molecule has 1 unspecified atom stereocenters. The van der Waals surface area contributed by atoms with Crippen molar-refractivity contribution in [3.8, 4) is 0 Å². The Balaban J connectivity index is 3.07. The largest absolute Gasteiger partial charge is 0.396 e. The van der Waals surface area contributed by atoms with Crippen LogP contribution in [0.3, 0.4) is 0 Å². The first-order valence-electron chi connectivity index (χ1n) is 7.18. The monoisotopic (exact) mass is 295 g/mol. The van der Waals surface area contributed by atoms with E-state index in [4.69, 9.17) is 0 Å². The molecule has 1 aromatic carbocycles. The molecule has 0 saturated carbocycles. The topological polar surface area (TPSA) is 87.4 Å². The van der Waals surface area contributed by atoms with E-state index >= 15 is 0 Å². The lowest BCUT2D eigenvalue weighted by Crippen LogP contribution is -2.34. The van der Waals surface area contributed by atoms with Crippen LogP contribution in [0.25, 0.3) is 0 Å². The number of nitro groups is 1. The van der Waals surface area contributed by atoms with Crippen LogP contribution in [0.5, 0.6) is 0 Å². The Morgan fingerprint density at radius 1 is 1.29 bits per heavy atom. The summed E-state index contributed by atoms with van der Waals surface area (Å²) in [4.78, 5) is 10.6. The van der Waals surface area contributed by atoms with Crippen molar-refractivity contribution in [3.63, 3.8) is 0 Å². The zero-order valence-corrected chi connectivity index (χ0v) is 13.1. The smallest absolute Gasteiger partial charge is 0.273 e. The van der Waals surface area contributed by atoms with E-state index in [0.29, 0.717) is 24.3 Å². The molecule has 0 aromatic heterocycles. The third-order valence-electron chi connectivity index (χ3n) is 3.31. The van der Waals surface area contributed by atoms with E-state index in [-0.39, 0.29) is 23.8 Å². The van der Waals surface area contributed by atoms with Gasteiger partial charge in [0, 0.05) is 42.7 Å². The number of hydrogen-bond acceptors (Lipinski definition) is 5. The van der Waals surface area contributed by atoms with Crippen molar-refractivity contribution < 1.29 is 10.0 Å². The first kappa shape index (κ1) is 17.2. The van der Waals surface area contributed by atoms with Crippen molar-refractivity contribution in [2.24, 2.45) is 5.41 Å². The molecule has 0 aliphatic rings. The van der Waals surface area contributed by atoms with Crippen LogP contribution in [-0.4, -0.2) is 29.2 Å². The van der Waals surface area contributed by atoms with E-state index in [0.717, 1.165) is 0 Å². The Kier molecular flexibility index (Phi) is 5.96. The van der Waals surface area contributed by atoms with E-state index in [1.165, 1.54) is 12.1 Å². The molecule has 0 fully saturated rings. The van der Waals surface area contributed by atoms with Crippen molar-refractivity contribution in [1.82, 2.24) is 0 Å². The van der Waals surface area contributed by atoms with Crippen LogP contribution in [0.2, 0.25) is 0 Å². The minimum Gasteiger partial charge on any atom is -0.396 e. The van der Waals surface area contributed by atoms with Gasteiger partial charge in [-0.3, -0.25) is 10.1 Å². The van der Waals surface area contributed by atoms with E-state index in [1.807, 2.05) is 13.0 Å².